The van der Waals surface area contributed by atoms with Crippen molar-refractivity contribution in [2.75, 3.05) is 0 Å². The second-order valence-electron chi connectivity index (χ2n) is 2.75. The van der Waals surface area contributed by atoms with E-state index in [-0.39, 0.29) is 5.57 Å². The first-order valence-corrected chi connectivity index (χ1v) is 3.75. The van der Waals surface area contributed by atoms with Crippen LogP contribution in [0.25, 0.3) is 0 Å². The molecule has 0 saturated carbocycles. The summed E-state index contributed by atoms with van der Waals surface area (Å²) in [5, 5.41) is 20.8. The van der Waals surface area contributed by atoms with E-state index < -0.39 is 17.9 Å². The highest BCUT2D eigenvalue weighted by Gasteiger charge is 2.19. The Kier molecular flexibility index (Phi) is 2.47. The molecule has 0 spiro atoms. The number of hydrogen-bond acceptors (Lipinski definition) is 4. The summed E-state index contributed by atoms with van der Waals surface area (Å²) in [6, 6.07) is 0. The molecule has 1 aliphatic rings. The summed E-state index contributed by atoms with van der Waals surface area (Å²) in [4.78, 5) is 20.8. The summed E-state index contributed by atoms with van der Waals surface area (Å²) in [5.41, 5.74) is -0.138. The van der Waals surface area contributed by atoms with Crippen LogP contribution in [0.3, 0.4) is 0 Å². The molecule has 0 aromatic heterocycles. The van der Waals surface area contributed by atoms with E-state index in [1.807, 2.05) is 0 Å². The number of carbonyl (C=O) groups excluding carboxylic acids is 2. The molecule has 4 heteroatoms. The zero-order chi connectivity index (χ0) is 9.14. The van der Waals surface area contributed by atoms with Crippen molar-refractivity contribution in [2.24, 2.45) is 5.92 Å². The van der Waals surface area contributed by atoms with Crippen LogP contribution in [0.1, 0.15) is 19.3 Å². The van der Waals surface area contributed by atoms with Gasteiger partial charge in [-0.3, -0.25) is 0 Å². The Morgan fingerprint density at radius 1 is 1.42 bits per heavy atom. The van der Waals surface area contributed by atoms with Crippen molar-refractivity contribution in [3.8, 4) is 0 Å². The van der Waals surface area contributed by atoms with Crippen LogP contribution in [0.5, 0.6) is 0 Å². The number of carboxylic acids is 2. The van der Waals surface area contributed by atoms with Crippen LogP contribution in [0, 0.1) is 5.92 Å². The minimum Gasteiger partial charge on any atom is -0.549 e. The van der Waals surface area contributed by atoms with Crippen LogP contribution in [0.4, 0.5) is 0 Å². The highest BCUT2D eigenvalue weighted by atomic mass is 16.4. The minimum absolute atomic E-state index is 0.138. The second-order valence-corrected chi connectivity index (χ2v) is 2.75. The monoisotopic (exact) mass is 168 g/mol. The molecule has 0 aliphatic heterocycles. The summed E-state index contributed by atoms with van der Waals surface area (Å²) in [6.07, 6.45) is 3.03. The van der Waals surface area contributed by atoms with E-state index in [9.17, 15) is 19.8 Å². The molecule has 0 saturated heterocycles. The standard InChI is InChI=1S/C8H10O4/c9-7(10)5-3-1-2-4-6(5)8(11)12/h3,6H,1-2,4H2,(H,9,10)(H,11,12)/p-2. The summed E-state index contributed by atoms with van der Waals surface area (Å²) in [7, 11) is 0. The summed E-state index contributed by atoms with van der Waals surface area (Å²) in [5.74, 6) is -3.71. The largest absolute Gasteiger partial charge is 0.549 e. The predicted molar refractivity (Wildman–Crippen MR) is 35.4 cm³/mol. The number of carboxylic acid groups (broad SMARTS) is 2. The summed E-state index contributed by atoms with van der Waals surface area (Å²) >= 11 is 0. The molecule has 1 unspecified atom stereocenters. The lowest BCUT2D eigenvalue weighted by Gasteiger charge is -2.25. The van der Waals surface area contributed by atoms with Crippen molar-refractivity contribution < 1.29 is 19.8 Å². The molecule has 0 amide bonds. The van der Waals surface area contributed by atoms with Gasteiger partial charge in [0.05, 0.1) is 5.97 Å². The van der Waals surface area contributed by atoms with Gasteiger partial charge >= 0.3 is 0 Å². The maximum atomic E-state index is 10.4. The van der Waals surface area contributed by atoms with Gasteiger partial charge in [-0.15, -0.1) is 0 Å². The fourth-order valence-electron chi connectivity index (χ4n) is 1.35. The van der Waals surface area contributed by atoms with E-state index >= 15 is 0 Å². The van der Waals surface area contributed by atoms with E-state index in [0.29, 0.717) is 19.3 Å². The van der Waals surface area contributed by atoms with Gasteiger partial charge in [0, 0.05) is 11.9 Å². The lowest BCUT2D eigenvalue weighted by Crippen LogP contribution is -2.39. The molecule has 1 aliphatic carbocycles. The van der Waals surface area contributed by atoms with Gasteiger partial charge in [0.25, 0.3) is 0 Å². The van der Waals surface area contributed by atoms with E-state index in [1.165, 1.54) is 6.08 Å². The third-order valence-electron chi connectivity index (χ3n) is 1.96. The molecule has 0 radical (unpaired) electrons. The number of allylic oxidation sites excluding steroid dienone is 1. The zero-order valence-corrected chi connectivity index (χ0v) is 6.41. The Morgan fingerprint density at radius 2 is 2.08 bits per heavy atom. The molecule has 66 valence electrons. The van der Waals surface area contributed by atoms with E-state index in [1.54, 1.807) is 0 Å². The first-order chi connectivity index (χ1) is 5.63. The molecule has 0 heterocycles. The van der Waals surface area contributed by atoms with Crippen molar-refractivity contribution in [3.05, 3.63) is 11.6 Å². The Morgan fingerprint density at radius 3 is 2.50 bits per heavy atom. The Balaban J connectivity index is 2.85. The van der Waals surface area contributed by atoms with Crippen molar-refractivity contribution in [1.82, 2.24) is 0 Å². The topological polar surface area (TPSA) is 80.3 Å². The number of hydrogen-bond donors (Lipinski definition) is 0. The molecule has 4 nitrogen and oxygen atoms in total. The van der Waals surface area contributed by atoms with Crippen molar-refractivity contribution in [3.63, 3.8) is 0 Å². The third kappa shape index (κ3) is 1.64. The molecule has 0 N–H and O–H groups in total. The smallest absolute Gasteiger partial charge is 0.0678 e. The molecule has 12 heavy (non-hydrogen) atoms. The van der Waals surface area contributed by atoms with Gasteiger partial charge in [0.15, 0.2) is 0 Å². The minimum atomic E-state index is -1.40. The van der Waals surface area contributed by atoms with Gasteiger partial charge in [-0.1, -0.05) is 6.08 Å². The molecular weight excluding hydrogens is 160 g/mol. The second kappa shape index (κ2) is 3.38. The maximum absolute atomic E-state index is 10.4. The first kappa shape index (κ1) is 8.77. The molecule has 0 bridgehead atoms. The van der Waals surface area contributed by atoms with Gasteiger partial charge in [-0.2, -0.15) is 0 Å². The Hall–Kier alpha value is -1.32. The number of rotatable bonds is 2. The fourth-order valence-corrected chi connectivity index (χ4v) is 1.35. The molecule has 0 aromatic carbocycles. The number of carbonyl (C=O) groups is 2. The SMILES string of the molecule is O=C([O-])C1=CCCCC1C(=O)[O-]. The fraction of sp³-hybridized carbons (Fsp3) is 0.500. The Labute approximate surface area is 69.5 Å². The highest BCUT2D eigenvalue weighted by Crippen LogP contribution is 2.23. The molecular formula is C8H8O4-2. The normalized spacial score (nSPS) is 23.0. The summed E-state index contributed by atoms with van der Waals surface area (Å²) < 4.78 is 0. The first-order valence-electron chi connectivity index (χ1n) is 3.75. The quantitative estimate of drug-likeness (QED) is 0.487. The maximum Gasteiger partial charge on any atom is 0.0678 e. The molecule has 0 aromatic rings. The van der Waals surface area contributed by atoms with Crippen LogP contribution < -0.4 is 10.2 Å². The van der Waals surface area contributed by atoms with Crippen LogP contribution in [0.2, 0.25) is 0 Å². The van der Waals surface area contributed by atoms with Gasteiger partial charge in [0.2, 0.25) is 0 Å². The van der Waals surface area contributed by atoms with Crippen LogP contribution >= 0.6 is 0 Å². The van der Waals surface area contributed by atoms with Crippen LogP contribution in [-0.4, -0.2) is 11.9 Å². The highest BCUT2D eigenvalue weighted by molar-refractivity contribution is 5.92. The van der Waals surface area contributed by atoms with E-state index in [0.717, 1.165) is 0 Å². The van der Waals surface area contributed by atoms with Crippen molar-refractivity contribution >= 4 is 11.9 Å². The van der Waals surface area contributed by atoms with Gasteiger partial charge in [-0.05, 0) is 24.8 Å². The average molecular weight is 168 g/mol. The van der Waals surface area contributed by atoms with Crippen LogP contribution in [0.15, 0.2) is 11.6 Å². The van der Waals surface area contributed by atoms with Gasteiger partial charge in [0.1, 0.15) is 0 Å². The predicted octanol–water partition coefficient (Wildman–Crippen LogP) is -1.79. The molecule has 0 fully saturated rings. The number of aliphatic carboxylic acids is 2. The van der Waals surface area contributed by atoms with Crippen molar-refractivity contribution in [1.29, 1.82) is 0 Å². The lowest BCUT2D eigenvalue weighted by atomic mass is 9.88. The zero-order valence-electron chi connectivity index (χ0n) is 6.41. The average Bonchev–Trinajstić information content (AvgIpc) is 2.04. The summed E-state index contributed by atoms with van der Waals surface area (Å²) in [6.45, 7) is 0. The van der Waals surface area contributed by atoms with Gasteiger partial charge < -0.3 is 19.8 Å². The lowest BCUT2D eigenvalue weighted by molar-refractivity contribution is -0.315. The molecule has 1 atom stereocenters. The third-order valence-corrected chi connectivity index (χ3v) is 1.96. The van der Waals surface area contributed by atoms with Gasteiger partial charge in [-0.25, -0.2) is 0 Å². The Bertz CT molecular complexity index is 241. The molecule has 1 rings (SSSR count). The van der Waals surface area contributed by atoms with Crippen LogP contribution in [-0.2, 0) is 9.59 Å². The van der Waals surface area contributed by atoms with E-state index in [4.69, 9.17) is 0 Å². The van der Waals surface area contributed by atoms with E-state index in [2.05, 4.69) is 0 Å². The van der Waals surface area contributed by atoms with Crippen molar-refractivity contribution in [2.45, 2.75) is 19.3 Å².